The van der Waals surface area contributed by atoms with Crippen molar-refractivity contribution in [2.45, 2.75) is 32.2 Å². The molecule has 4 rings (SSSR count). The fourth-order valence-electron chi connectivity index (χ4n) is 4.19. The smallest absolute Gasteiger partial charge is 0.220 e. The topological polar surface area (TPSA) is 69.9 Å². The first-order valence-corrected chi connectivity index (χ1v) is 11.0. The molecule has 4 aromatic rings. The van der Waals surface area contributed by atoms with Crippen LogP contribution in [0.2, 0.25) is 0 Å². The molecule has 6 nitrogen and oxygen atoms in total. The number of aryl methyl sites for hydroxylation is 1. The van der Waals surface area contributed by atoms with E-state index in [2.05, 4.69) is 23.5 Å². The molecule has 3 aromatic carbocycles. The molecule has 0 aliphatic carbocycles. The van der Waals surface area contributed by atoms with E-state index in [-0.39, 0.29) is 11.9 Å². The highest BCUT2D eigenvalue weighted by atomic mass is 16.5. The maximum Gasteiger partial charge on any atom is 0.220 e. The number of benzene rings is 3. The predicted molar refractivity (Wildman–Crippen MR) is 129 cm³/mol. The number of para-hydroxylation sites is 1. The summed E-state index contributed by atoms with van der Waals surface area (Å²) < 4.78 is 22.1. The van der Waals surface area contributed by atoms with Gasteiger partial charge >= 0.3 is 0 Å². The molecule has 0 aliphatic heterocycles. The van der Waals surface area contributed by atoms with Crippen LogP contribution in [0.5, 0.6) is 17.2 Å². The average molecular weight is 448 g/mol. The first kappa shape index (κ1) is 22.5. The van der Waals surface area contributed by atoms with Gasteiger partial charge in [0.15, 0.2) is 11.5 Å². The van der Waals surface area contributed by atoms with E-state index in [0.717, 1.165) is 39.5 Å². The molecule has 6 heteroatoms. The normalized spacial score (nSPS) is 12.0. The highest BCUT2D eigenvalue weighted by Crippen LogP contribution is 2.38. The molecule has 1 heterocycles. The summed E-state index contributed by atoms with van der Waals surface area (Å²) >= 11 is 0. The van der Waals surface area contributed by atoms with Crippen molar-refractivity contribution in [1.82, 2.24) is 5.32 Å². The van der Waals surface area contributed by atoms with Gasteiger partial charge in [0.2, 0.25) is 11.7 Å². The third-order valence-corrected chi connectivity index (χ3v) is 5.76. The van der Waals surface area contributed by atoms with Crippen LogP contribution >= 0.6 is 0 Å². The molecule has 0 saturated carbocycles. The molecule has 1 aromatic heterocycles. The van der Waals surface area contributed by atoms with E-state index in [9.17, 15) is 4.79 Å². The lowest BCUT2D eigenvalue weighted by atomic mass is 10.0. The summed E-state index contributed by atoms with van der Waals surface area (Å²) in [7, 11) is 4.74. The standard InChI is InChI=1S/C27H29NO5/c1-17(13-18-9-11-23-21(14-18)20-7-5-6-8-22(20)33-23)28-26(29)12-10-19-15-24(30-2)27(32-4)25(16-19)31-3/h5-9,11,14-17H,10,12-13H2,1-4H3,(H,28,29). The van der Waals surface area contributed by atoms with E-state index in [4.69, 9.17) is 18.6 Å². The van der Waals surface area contributed by atoms with Gasteiger partial charge in [-0.2, -0.15) is 0 Å². The monoisotopic (exact) mass is 447 g/mol. The van der Waals surface area contributed by atoms with Gasteiger partial charge in [-0.1, -0.05) is 24.3 Å². The largest absolute Gasteiger partial charge is 0.493 e. The van der Waals surface area contributed by atoms with Crippen LogP contribution in [0.3, 0.4) is 0 Å². The van der Waals surface area contributed by atoms with E-state index in [1.807, 2.05) is 43.3 Å². The van der Waals surface area contributed by atoms with E-state index in [0.29, 0.717) is 30.1 Å². The van der Waals surface area contributed by atoms with Crippen LogP contribution in [-0.2, 0) is 17.6 Å². The van der Waals surface area contributed by atoms with E-state index in [1.165, 1.54) is 0 Å². The van der Waals surface area contributed by atoms with Gasteiger partial charge in [0.05, 0.1) is 21.3 Å². The van der Waals surface area contributed by atoms with Crippen molar-refractivity contribution in [3.8, 4) is 17.2 Å². The first-order chi connectivity index (χ1) is 16.0. The van der Waals surface area contributed by atoms with Gasteiger partial charge in [0.1, 0.15) is 11.2 Å². The Morgan fingerprint density at radius 2 is 1.58 bits per heavy atom. The Hall–Kier alpha value is -3.67. The maximum absolute atomic E-state index is 12.6. The zero-order valence-electron chi connectivity index (χ0n) is 19.4. The summed E-state index contributed by atoms with van der Waals surface area (Å²) in [5.41, 5.74) is 3.87. The Morgan fingerprint density at radius 1 is 0.879 bits per heavy atom. The summed E-state index contributed by atoms with van der Waals surface area (Å²) in [5, 5.41) is 5.32. The van der Waals surface area contributed by atoms with Gasteiger partial charge in [-0.15, -0.1) is 0 Å². The van der Waals surface area contributed by atoms with Crippen molar-refractivity contribution in [3.05, 3.63) is 65.7 Å². The molecule has 0 saturated heterocycles. The molecule has 0 bridgehead atoms. The van der Waals surface area contributed by atoms with Gasteiger partial charge in [0, 0.05) is 23.2 Å². The Labute approximate surface area is 193 Å². The van der Waals surface area contributed by atoms with Gasteiger partial charge in [-0.05, 0) is 61.2 Å². The quantitative estimate of drug-likeness (QED) is 0.377. The lowest BCUT2D eigenvalue weighted by Gasteiger charge is -2.16. The van der Waals surface area contributed by atoms with Crippen molar-refractivity contribution in [1.29, 1.82) is 0 Å². The number of fused-ring (bicyclic) bond motifs is 3. The van der Waals surface area contributed by atoms with E-state index < -0.39 is 0 Å². The highest BCUT2D eigenvalue weighted by molar-refractivity contribution is 6.04. The molecule has 0 spiro atoms. The van der Waals surface area contributed by atoms with Crippen LogP contribution in [0.1, 0.15) is 24.5 Å². The van der Waals surface area contributed by atoms with Crippen LogP contribution in [0.25, 0.3) is 21.9 Å². The number of carbonyl (C=O) groups is 1. The summed E-state index contributed by atoms with van der Waals surface area (Å²) in [6, 6.07) is 18.0. The summed E-state index contributed by atoms with van der Waals surface area (Å²) in [6.07, 6.45) is 1.68. The Balaban J connectivity index is 1.38. The molecular weight excluding hydrogens is 418 g/mol. The van der Waals surface area contributed by atoms with Crippen LogP contribution in [0.15, 0.2) is 59.0 Å². The average Bonchev–Trinajstić information content (AvgIpc) is 3.19. The fourth-order valence-corrected chi connectivity index (χ4v) is 4.19. The van der Waals surface area contributed by atoms with Gasteiger partial charge < -0.3 is 23.9 Å². The predicted octanol–water partition coefficient (Wildman–Crippen LogP) is 5.29. The SMILES string of the molecule is COc1cc(CCC(=O)NC(C)Cc2ccc3oc4ccccc4c3c2)cc(OC)c1OC. The molecule has 1 N–H and O–H groups in total. The Morgan fingerprint density at radius 3 is 2.27 bits per heavy atom. The van der Waals surface area contributed by atoms with Crippen molar-refractivity contribution in [3.63, 3.8) is 0 Å². The summed E-state index contributed by atoms with van der Waals surface area (Å²) in [6.45, 7) is 2.02. The van der Waals surface area contributed by atoms with Crippen LogP contribution in [0, 0.1) is 0 Å². The molecule has 0 radical (unpaired) electrons. The Bertz CT molecular complexity index is 1250. The van der Waals surface area contributed by atoms with E-state index >= 15 is 0 Å². The second-order valence-electron chi connectivity index (χ2n) is 8.14. The zero-order chi connectivity index (χ0) is 23.4. The first-order valence-electron chi connectivity index (χ1n) is 11.0. The number of ether oxygens (including phenoxy) is 3. The minimum Gasteiger partial charge on any atom is -0.493 e. The zero-order valence-corrected chi connectivity index (χ0v) is 19.4. The third kappa shape index (κ3) is 4.90. The second kappa shape index (κ2) is 9.86. The van der Waals surface area contributed by atoms with Gasteiger partial charge in [-0.3, -0.25) is 4.79 Å². The van der Waals surface area contributed by atoms with Crippen molar-refractivity contribution < 1.29 is 23.4 Å². The molecule has 1 amide bonds. The van der Waals surface area contributed by atoms with Gasteiger partial charge in [0.25, 0.3) is 0 Å². The number of amides is 1. The second-order valence-corrected chi connectivity index (χ2v) is 8.14. The van der Waals surface area contributed by atoms with Crippen molar-refractivity contribution in [2.75, 3.05) is 21.3 Å². The molecule has 33 heavy (non-hydrogen) atoms. The van der Waals surface area contributed by atoms with Crippen molar-refractivity contribution >= 4 is 27.8 Å². The number of hydrogen-bond acceptors (Lipinski definition) is 5. The summed E-state index contributed by atoms with van der Waals surface area (Å²) in [5.74, 6) is 1.72. The number of furan rings is 1. The molecule has 1 unspecified atom stereocenters. The highest BCUT2D eigenvalue weighted by Gasteiger charge is 2.15. The number of hydrogen-bond donors (Lipinski definition) is 1. The molecule has 172 valence electrons. The molecule has 0 aliphatic rings. The van der Waals surface area contributed by atoms with Gasteiger partial charge in [-0.25, -0.2) is 0 Å². The lowest BCUT2D eigenvalue weighted by molar-refractivity contribution is -0.121. The Kier molecular flexibility index (Phi) is 6.73. The molecule has 1 atom stereocenters. The summed E-state index contributed by atoms with van der Waals surface area (Å²) in [4.78, 5) is 12.6. The maximum atomic E-state index is 12.6. The number of methoxy groups -OCH3 is 3. The fraction of sp³-hybridized carbons (Fsp3) is 0.296. The number of rotatable bonds is 9. The van der Waals surface area contributed by atoms with Crippen LogP contribution in [-0.4, -0.2) is 33.3 Å². The number of nitrogens with one attached hydrogen (secondary N) is 1. The van der Waals surface area contributed by atoms with E-state index in [1.54, 1.807) is 21.3 Å². The van der Waals surface area contributed by atoms with Crippen molar-refractivity contribution in [2.24, 2.45) is 0 Å². The molecule has 0 fully saturated rings. The van der Waals surface area contributed by atoms with Crippen LogP contribution in [0.4, 0.5) is 0 Å². The lowest BCUT2D eigenvalue weighted by Crippen LogP contribution is -2.34. The minimum atomic E-state index is 0.00564. The number of carbonyl (C=O) groups excluding carboxylic acids is 1. The minimum absolute atomic E-state index is 0.00564. The van der Waals surface area contributed by atoms with Crippen LogP contribution < -0.4 is 19.5 Å². The third-order valence-electron chi connectivity index (χ3n) is 5.76. The molecular formula is C27H29NO5.